The number of aromatic nitrogens is 1. The van der Waals surface area contributed by atoms with Crippen LogP contribution in [-0.4, -0.2) is 16.3 Å². The van der Waals surface area contributed by atoms with E-state index in [1.54, 1.807) is 12.3 Å². The van der Waals surface area contributed by atoms with Crippen LogP contribution in [0.4, 0.5) is 5.82 Å². The topological polar surface area (TPSA) is 82.0 Å². The Morgan fingerprint density at radius 3 is 2.71 bits per heavy atom. The molecule has 1 aromatic rings. The predicted octanol–water partition coefficient (Wildman–Crippen LogP) is 1.44. The van der Waals surface area contributed by atoms with Gasteiger partial charge in [0, 0.05) is 12.6 Å². The van der Waals surface area contributed by atoms with Crippen LogP contribution < -0.4 is 11.5 Å². The molecule has 0 radical (unpaired) electrons. The van der Waals surface area contributed by atoms with Crippen LogP contribution >= 0.6 is 0 Å². The van der Waals surface area contributed by atoms with Crippen molar-refractivity contribution in [3.63, 3.8) is 0 Å². The molecule has 4 heteroatoms. The lowest BCUT2D eigenvalue weighted by atomic mass is 9.78. The number of anilines is 1. The molecule has 2 rings (SSSR count). The van der Waals surface area contributed by atoms with Crippen molar-refractivity contribution in [3.8, 4) is 0 Å². The van der Waals surface area contributed by atoms with Gasteiger partial charge in [0.1, 0.15) is 5.82 Å². The fourth-order valence-corrected chi connectivity index (χ4v) is 2.43. The summed E-state index contributed by atoms with van der Waals surface area (Å²) in [7, 11) is 0. The molecule has 0 saturated heterocycles. The zero-order valence-electron chi connectivity index (χ0n) is 9.98. The van der Waals surface area contributed by atoms with Crippen LogP contribution in [0, 0.1) is 0 Å². The molecule has 1 aliphatic carbocycles. The third kappa shape index (κ3) is 2.82. The van der Waals surface area contributed by atoms with Crippen LogP contribution in [0.2, 0.25) is 0 Å². The van der Waals surface area contributed by atoms with Crippen molar-refractivity contribution in [2.75, 3.05) is 5.73 Å². The highest BCUT2D eigenvalue weighted by atomic mass is 16.1. The van der Waals surface area contributed by atoms with Gasteiger partial charge in [-0.05, 0) is 30.5 Å². The smallest absolute Gasteiger partial charge is 0.156 e. The van der Waals surface area contributed by atoms with Gasteiger partial charge in [-0.3, -0.25) is 4.79 Å². The van der Waals surface area contributed by atoms with Crippen LogP contribution in [-0.2, 0) is 11.2 Å². The Bertz CT molecular complexity index is 411. The predicted molar refractivity (Wildman–Crippen MR) is 67.4 cm³/mol. The summed E-state index contributed by atoms with van der Waals surface area (Å²) in [6.45, 7) is 0. The van der Waals surface area contributed by atoms with Gasteiger partial charge in [0.05, 0.1) is 5.54 Å². The van der Waals surface area contributed by atoms with Gasteiger partial charge in [0.2, 0.25) is 0 Å². The molecule has 1 saturated carbocycles. The van der Waals surface area contributed by atoms with E-state index < -0.39 is 5.54 Å². The molecule has 0 spiro atoms. The third-order valence-corrected chi connectivity index (χ3v) is 3.51. The van der Waals surface area contributed by atoms with Crippen LogP contribution in [0.25, 0.3) is 0 Å². The van der Waals surface area contributed by atoms with Crippen molar-refractivity contribution in [1.82, 2.24) is 4.98 Å². The Kier molecular flexibility index (Phi) is 3.43. The van der Waals surface area contributed by atoms with Crippen LogP contribution in [0.15, 0.2) is 18.3 Å². The number of nitrogens with two attached hydrogens (primary N) is 2. The van der Waals surface area contributed by atoms with Gasteiger partial charge in [-0.25, -0.2) is 4.98 Å². The van der Waals surface area contributed by atoms with E-state index in [9.17, 15) is 4.79 Å². The number of nitrogen functional groups attached to an aromatic ring is 1. The number of hydrogen-bond acceptors (Lipinski definition) is 4. The lowest BCUT2D eigenvalue weighted by Gasteiger charge is -2.31. The van der Waals surface area contributed by atoms with Crippen LogP contribution in [0.1, 0.15) is 37.7 Å². The standard InChI is InChI=1S/C13H19N3O/c14-12-9-10(4-7-16-12)8-11(17)13(15)5-2-1-3-6-13/h4,7,9H,1-3,5-6,8,15H2,(H2,14,16). The van der Waals surface area contributed by atoms with Gasteiger partial charge in [0.25, 0.3) is 0 Å². The first-order valence-corrected chi connectivity index (χ1v) is 6.13. The quantitative estimate of drug-likeness (QED) is 0.827. The maximum absolute atomic E-state index is 12.2. The number of ketones is 1. The second-order valence-corrected chi connectivity index (χ2v) is 4.91. The summed E-state index contributed by atoms with van der Waals surface area (Å²) in [6.07, 6.45) is 6.92. The maximum atomic E-state index is 12.2. The first kappa shape index (κ1) is 12.0. The van der Waals surface area contributed by atoms with Gasteiger partial charge < -0.3 is 11.5 Å². The second-order valence-electron chi connectivity index (χ2n) is 4.91. The SMILES string of the molecule is Nc1cc(CC(=O)C2(N)CCCCC2)ccn1. The molecule has 0 unspecified atom stereocenters. The summed E-state index contributed by atoms with van der Waals surface area (Å²) in [5.41, 5.74) is 12.1. The normalized spacial score (nSPS) is 18.9. The average Bonchev–Trinajstić information content (AvgIpc) is 2.30. The number of hydrogen-bond donors (Lipinski definition) is 2. The zero-order chi connectivity index (χ0) is 12.3. The molecule has 1 aliphatic rings. The zero-order valence-corrected chi connectivity index (χ0v) is 9.98. The Morgan fingerprint density at radius 1 is 1.35 bits per heavy atom. The fraction of sp³-hybridized carbons (Fsp3) is 0.538. The first-order chi connectivity index (χ1) is 8.10. The van der Waals surface area contributed by atoms with E-state index in [0.29, 0.717) is 12.2 Å². The molecule has 0 amide bonds. The van der Waals surface area contributed by atoms with Crippen molar-refractivity contribution >= 4 is 11.6 Å². The molecule has 92 valence electrons. The number of rotatable bonds is 3. The molecule has 0 aromatic carbocycles. The summed E-state index contributed by atoms with van der Waals surface area (Å²) in [6, 6.07) is 3.56. The molecule has 0 atom stereocenters. The summed E-state index contributed by atoms with van der Waals surface area (Å²) in [5.74, 6) is 0.577. The number of Topliss-reactive ketones (excluding diaryl/α,β-unsaturated/α-hetero) is 1. The molecule has 1 fully saturated rings. The highest BCUT2D eigenvalue weighted by Gasteiger charge is 2.34. The van der Waals surface area contributed by atoms with Gasteiger partial charge in [-0.15, -0.1) is 0 Å². The van der Waals surface area contributed by atoms with E-state index >= 15 is 0 Å². The summed E-state index contributed by atoms with van der Waals surface area (Å²) in [5, 5.41) is 0. The van der Waals surface area contributed by atoms with E-state index in [0.717, 1.165) is 31.2 Å². The molecule has 1 heterocycles. The summed E-state index contributed by atoms with van der Waals surface area (Å²) >= 11 is 0. The lowest BCUT2D eigenvalue weighted by Crippen LogP contribution is -2.50. The number of carbonyl (C=O) groups excluding carboxylic acids is 1. The second kappa shape index (κ2) is 4.84. The minimum absolute atomic E-state index is 0.128. The Balaban J connectivity index is 2.05. The average molecular weight is 233 g/mol. The third-order valence-electron chi connectivity index (χ3n) is 3.51. The Labute approximate surface area is 101 Å². The highest BCUT2D eigenvalue weighted by Crippen LogP contribution is 2.27. The van der Waals surface area contributed by atoms with Crippen LogP contribution in [0.3, 0.4) is 0 Å². The lowest BCUT2D eigenvalue weighted by molar-refractivity contribution is -0.124. The minimum Gasteiger partial charge on any atom is -0.384 e. The Hall–Kier alpha value is -1.42. The van der Waals surface area contributed by atoms with Crippen molar-refractivity contribution < 1.29 is 4.79 Å². The highest BCUT2D eigenvalue weighted by molar-refractivity contribution is 5.90. The maximum Gasteiger partial charge on any atom is 0.156 e. The van der Waals surface area contributed by atoms with Crippen molar-refractivity contribution in [2.24, 2.45) is 5.73 Å². The summed E-state index contributed by atoms with van der Waals surface area (Å²) in [4.78, 5) is 16.1. The number of carbonyl (C=O) groups is 1. The molecule has 4 N–H and O–H groups in total. The van der Waals surface area contributed by atoms with Crippen LogP contribution in [0.5, 0.6) is 0 Å². The van der Waals surface area contributed by atoms with E-state index in [1.165, 1.54) is 6.42 Å². The van der Waals surface area contributed by atoms with E-state index in [4.69, 9.17) is 11.5 Å². The molecular formula is C13H19N3O. The molecular weight excluding hydrogens is 214 g/mol. The van der Waals surface area contributed by atoms with Gasteiger partial charge in [0.15, 0.2) is 5.78 Å². The van der Waals surface area contributed by atoms with E-state index in [-0.39, 0.29) is 5.78 Å². The summed E-state index contributed by atoms with van der Waals surface area (Å²) < 4.78 is 0. The van der Waals surface area contributed by atoms with Crippen molar-refractivity contribution in [3.05, 3.63) is 23.9 Å². The molecule has 0 bridgehead atoms. The van der Waals surface area contributed by atoms with Gasteiger partial charge in [-0.1, -0.05) is 19.3 Å². The van der Waals surface area contributed by atoms with Gasteiger partial charge >= 0.3 is 0 Å². The number of pyridine rings is 1. The Morgan fingerprint density at radius 2 is 2.06 bits per heavy atom. The molecule has 0 aliphatic heterocycles. The number of nitrogens with zero attached hydrogens (tertiary/aromatic N) is 1. The molecule has 1 aromatic heterocycles. The molecule has 4 nitrogen and oxygen atoms in total. The minimum atomic E-state index is -0.615. The van der Waals surface area contributed by atoms with Crippen molar-refractivity contribution in [2.45, 2.75) is 44.1 Å². The largest absolute Gasteiger partial charge is 0.384 e. The monoisotopic (exact) mass is 233 g/mol. The van der Waals surface area contributed by atoms with E-state index in [2.05, 4.69) is 4.98 Å². The first-order valence-electron chi connectivity index (χ1n) is 6.13. The fourth-order valence-electron chi connectivity index (χ4n) is 2.43. The van der Waals surface area contributed by atoms with Crippen molar-refractivity contribution in [1.29, 1.82) is 0 Å². The van der Waals surface area contributed by atoms with E-state index in [1.807, 2.05) is 6.07 Å². The molecule has 17 heavy (non-hydrogen) atoms. The van der Waals surface area contributed by atoms with Gasteiger partial charge in [-0.2, -0.15) is 0 Å².